The zero-order valence-electron chi connectivity index (χ0n) is 12.1. The SMILES string of the molecule is CC(C(=O)NCCc1ccc(F)cc1)N1CCNC(=O)C1. The Morgan fingerprint density at radius 1 is 1.43 bits per heavy atom. The molecule has 2 rings (SSSR count). The summed E-state index contributed by atoms with van der Waals surface area (Å²) in [6, 6.07) is 5.90. The maximum atomic E-state index is 12.8. The van der Waals surface area contributed by atoms with Crippen molar-refractivity contribution in [2.45, 2.75) is 19.4 Å². The van der Waals surface area contributed by atoms with Gasteiger partial charge in [-0.1, -0.05) is 12.1 Å². The molecular weight excluding hydrogens is 273 g/mol. The minimum atomic E-state index is -0.329. The molecule has 6 heteroatoms. The van der Waals surface area contributed by atoms with Crippen LogP contribution in [0.1, 0.15) is 12.5 Å². The number of hydrogen-bond acceptors (Lipinski definition) is 3. The highest BCUT2D eigenvalue weighted by molar-refractivity contribution is 5.83. The van der Waals surface area contributed by atoms with Gasteiger partial charge in [0.15, 0.2) is 0 Å². The van der Waals surface area contributed by atoms with Gasteiger partial charge >= 0.3 is 0 Å². The molecule has 21 heavy (non-hydrogen) atoms. The van der Waals surface area contributed by atoms with E-state index in [1.54, 1.807) is 19.1 Å². The summed E-state index contributed by atoms with van der Waals surface area (Å²) in [7, 11) is 0. The highest BCUT2D eigenvalue weighted by atomic mass is 19.1. The summed E-state index contributed by atoms with van der Waals surface area (Å²) in [4.78, 5) is 25.2. The third-order valence-corrected chi connectivity index (χ3v) is 3.62. The molecule has 2 amide bonds. The lowest BCUT2D eigenvalue weighted by Crippen LogP contribution is -2.55. The van der Waals surface area contributed by atoms with Crippen LogP contribution in [0.15, 0.2) is 24.3 Å². The second kappa shape index (κ2) is 7.17. The number of benzene rings is 1. The number of halogens is 1. The number of nitrogens with zero attached hydrogens (tertiary/aromatic N) is 1. The first-order chi connectivity index (χ1) is 10.1. The minimum absolute atomic E-state index is 0.0489. The van der Waals surface area contributed by atoms with Crippen LogP contribution in [-0.2, 0) is 16.0 Å². The highest BCUT2D eigenvalue weighted by Gasteiger charge is 2.25. The lowest BCUT2D eigenvalue weighted by Gasteiger charge is -2.31. The summed E-state index contributed by atoms with van der Waals surface area (Å²) in [5.74, 6) is -0.404. The highest BCUT2D eigenvalue weighted by Crippen LogP contribution is 2.04. The van der Waals surface area contributed by atoms with Crippen LogP contribution in [0.4, 0.5) is 4.39 Å². The molecule has 0 aromatic heterocycles. The van der Waals surface area contributed by atoms with Crippen LogP contribution < -0.4 is 10.6 Å². The summed E-state index contributed by atoms with van der Waals surface area (Å²) < 4.78 is 12.8. The molecule has 1 aromatic carbocycles. The average molecular weight is 293 g/mol. The van der Waals surface area contributed by atoms with Crippen molar-refractivity contribution >= 4 is 11.8 Å². The van der Waals surface area contributed by atoms with E-state index in [9.17, 15) is 14.0 Å². The van der Waals surface area contributed by atoms with E-state index in [1.807, 2.05) is 4.90 Å². The maximum absolute atomic E-state index is 12.8. The minimum Gasteiger partial charge on any atom is -0.354 e. The molecule has 1 atom stereocenters. The zero-order valence-corrected chi connectivity index (χ0v) is 12.1. The third-order valence-electron chi connectivity index (χ3n) is 3.62. The molecule has 1 heterocycles. The monoisotopic (exact) mass is 293 g/mol. The van der Waals surface area contributed by atoms with Gasteiger partial charge in [-0.15, -0.1) is 0 Å². The number of rotatable bonds is 5. The molecule has 114 valence electrons. The third kappa shape index (κ3) is 4.53. The molecule has 1 aromatic rings. The first-order valence-electron chi connectivity index (χ1n) is 7.09. The van der Waals surface area contributed by atoms with Crippen molar-refractivity contribution in [2.75, 3.05) is 26.2 Å². The first kappa shape index (κ1) is 15.4. The number of amides is 2. The van der Waals surface area contributed by atoms with Gasteiger partial charge in [-0.25, -0.2) is 4.39 Å². The second-order valence-corrected chi connectivity index (χ2v) is 5.16. The first-order valence-corrected chi connectivity index (χ1v) is 7.09. The van der Waals surface area contributed by atoms with Crippen molar-refractivity contribution < 1.29 is 14.0 Å². The molecule has 1 aliphatic rings. The number of carbonyl (C=O) groups is 2. The Bertz CT molecular complexity index is 504. The van der Waals surface area contributed by atoms with Crippen LogP contribution in [-0.4, -0.2) is 48.9 Å². The molecule has 0 spiro atoms. The fourth-order valence-corrected chi connectivity index (χ4v) is 2.28. The molecule has 0 radical (unpaired) electrons. The predicted octanol–water partition coefficient (Wildman–Crippen LogP) is 0.305. The Balaban J connectivity index is 1.75. The summed E-state index contributed by atoms with van der Waals surface area (Å²) >= 11 is 0. The van der Waals surface area contributed by atoms with Gasteiger partial charge in [0.05, 0.1) is 12.6 Å². The van der Waals surface area contributed by atoms with Gasteiger partial charge in [0, 0.05) is 19.6 Å². The van der Waals surface area contributed by atoms with Gasteiger partial charge in [0.2, 0.25) is 11.8 Å². The lowest BCUT2D eigenvalue weighted by molar-refractivity contribution is -0.130. The Morgan fingerprint density at radius 3 is 2.81 bits per heavy atom. The van der Waals surface area contributed by atoms with Crippen LogP contribution in [0, 0.1) is 5.82 Å². The largest absolute Gasteiger partial charge is 0.354 e. The molecule has 1 unspecified atom stereocenters. The standard InChI is InChI=1S/C15H20FN3O2/c1-11(19-9-8-17-14(20)10-19)15(21)18-7-6-12-2-4-13(16)5-3-12/h2-5,11H,6-10H2,1H3,(H,17,20)(H,18,21). The fourth-order valence-electron chi connectivity index (χ4n) is 2.28. The number of piperazine rings is 1. The molecular formula is C15H20FN3O2. The van der Waals surface area contributed by atoms with Crippen LogP contribution in [0.25, 0.3) is 0 Å². The van der Waals surface area contributed by atoms with Crippen molar-refractivity contribution in [3.8, 4) is 0 Å². The van der Waals surface area contributed by atoms with E-state index in [-0.39, 0.29) is 30.2 Å². The van der Waals surface area contributed by atoms with E-state index in [4.69, 9.17) is 0 Å². The molecule has 5 nitrogen and oxygen atoms in total. The smallest absolute Gasteiger partial charge is 0.237 e. The summed E-state index contributed by atoms with van der Waals surface area (Å²) in [6.07, 6.45) is 0.652. The zero-order chi connectivity index (χ0) is 15.2. The van der Waals surface area contributed by atoms with Crippen molar-refractivity contribution in [1.82, 2.24) is 15.5 Å². The van der Waals surface area contributed by atoms with Crippen LogP contribution >= 0.6 is 0 Å². The Kier molecular flexibility index (Phi) is 5.27. The van der Waals surface area contributed by atoms with E-state index in [1.165, 1.54) is 12.1 Å². The van der Waals surface area contributed by atoms with E-state index < -0.39 is 0 Å². The van der Waals surface area contributed by atoms with Gasteiger partial charge in [-0.3, -0.25) is 14.5 Å². The van der Waals surface area contributed by atoms with Gasteiger partial charge < -0.3 is 10.6 Å². The van der Waals surface area contributed by atoms with Crippen molar-refractivity contribution in [1.29, 1.82) is 0 Å². The van der Waals surface area contributed by atoms with E-state index >= 15 is 0 Å². The van der Waals surface area contributed by atoms with Crippen LogP contribution in [0.2, 0.25) is 0 Å². The van der Waals surface area contributed by atoms with Crippen molar-refractivity contribution in [3.05, 3.63) is 35.6 Å². The lowest BCUT2D eigenvalue weighted by atomic mass is 10.1. The number of nitrogens with one attached hydrogen (secondary N) is 2. The predicted molar refractivity (Wildman–Crippen MR) is 77.2 cm³/mol. The molecule has 0 saturated carbocycles. The van der Waals surface area contributed by atoms with E-state index in [0.717, 1.165) is 5.56 Å². The topological polar surface area (TPSA) is 61.4 Å². The normalized spacial score (nSPS) is 17.1. The van der Waals surface area contributed by atoms with E-state index in [0.29, 0.717) is 26.1 Å². The fraction of sp³-hybridized carbons (Fsp3) is 0.467. The number of hydrogen-bond donors (Lipinski definition) is 2. The molecule has 1 fully saturated rings. The molecule has 1 aliphatic heterocycles. The van der Waals surface area contributed by atoms with Crippen LogP contribution in [0.3, 0.4) is 0 Å². The summed E-state index contributed by atoms with van der Waals surface area (Å²) in [6.45, 7) is 3.80. The van der Waals surface area contributed by atoms with Gasteiger partial charge in [-0.05, 0) is 31.0 Å². The van der Waals surface area contributed by atoms with Gasteiger partial charge in [0.1, 0.15) is 5.82 Å². The Labute approximate surface area is 123 Å². The van der Waals surface area contributed by atoms with Crippen molar-refractivity contribution in [3.63, 3.8) is 0 Å². The molecule has 0 aliphatic carbocycles. The van der Waals surface area contributed by atoms with Crippen molar-refractivity contribution in [2.24, 2.45) is 0 Å². The second-order valence-electron chi connectivity index (χ2n) is 5.16. The Morgan fingerprint density at radius 2 is 2.14 bits per heavy atom. The molecule has 1 saturated heterocycles. The molecule has 2 N–H and O–H groups in total. The maximum Gasteiger partial charge on any atom is 0.237 e. The van der Waals surface area contributed by atoms with Crippen LogP contribution in [0.5, 0.6) is 0 Å². The van der Waals surface area contributed by atoms with Gasteiger partial charge in [0.25, 0.3) is 0 Å². The van der Waals surface area contributed by atoms with E-state index in [2.05, 4.69) is 10.6 Å². The summed E-state index contributed by atoms with van der Waals surface area (Å²) in [5.41, 5.74) is 0.974. The summed E-state index contributed by atoms with van der Waals surface area (Å²) in [5, 5.41) is 5.58. The van der Waals surface area contributed by atoms with Gasteiger partial charge in [-0.2, -0.15) is 0 Å². The Hall–Kier alpha value is -1.95. The molecule has 0 bridgehead atoms. The quantitative estimate of drug-likeness (QED) is 0.821. The number of carbonyl (C=O) groups excluding carboxylic acids is 2. The average Bonchev–Trinajstić information content (AvgIpc) is 2.48.